The normalized spacial score (nSPS) is 10.6. The smallest absolute Gasteiger partial charge is 0.251 e. The molecule has 1 aromatic carbocycles. The number of aromatic amines is 1. The van der Waals surface area contributed by atoms with E-state index >= 15 is 0 Å². The molecule has 3 aromatic rings. The van der Waals surface area contributed by atoms with E-state index in [4.69, 9.17) is 21.7 Å². The van der Waals surface area contributed by atoms with Crippen LogP contribution < -0.4 is 14.8 Å². The fourth-order valence-electron chi connectivity index (χ4n) is 2.38. The fourth-order valence-corrected chi connectivity index (χ4v) is 3.08. The summed E-state index contributed by atoms with van der Waals surface area (Å²) in [5, 5.41) is 11.6. The van der Waals surface area contributed by atoms with Crippen molar-refractivity contribution in [2.75, 3.05) is 13.7 Å². The zero-order valence-corrected chi connectivity index (χ0v) is 16.5. The summed E-state index contributed by atoms with van der Waals surface area (Å²) < 4.78 is 13.4. The Morgan fingerprint density at radius 3 is 2.93 bits per heavy atom. The van der Waals surface area contributed by atoms with E-state index in [1.54, 1.807) is 28.3 Å². The van der Waals surface area contributed by atoms with E-state index in [-0.39, 0.29) is 5.91 Å². The maximum atomic E-state index is 12.4. The third-order valence-corrected chi connectivity index (χ3v) is 4.89. The Morgan fingerprint density at radius 2 is 2.26 bits per heavy atom. The molecule has 1 amide bonds. The predicted octanol–water partition coefficient (Wildman–Crippen LogP) is 2.49. The highest BCUT2D eigenvalue weighted by Gasteiger charge is 2.12. The van der Waals surface area contributed by atoms with Gasteiger partial charge in [0, 0.05) is 31.0 Å². The molecular formula is C17H19N5O3S2. The Labute approximate surface area is 165 Å². The second-order valence-electron chi connectivity index (χ2n) is 5.64. The van der Waals surface area contributed by atoms with Crippen LogP contribution in [0.15, 0.2) is 29.1 Å². The number of hydrogen-bond acceptors (Lipinski definition) is 7. The largest absolute Gasteiger partial charge is 0.493 e. The van der Waals surface area contributed by atoms with Crippen molar-refractivity contribution in [3.05, 3.63) is 50.9 Å². The van der Waals surface area contributed by atoms with Crippen LogP contribution in [-0.2, 0) is 20.1 Å². The van der Waals surface area contributed by atoms with Gasteiger partial charge in [-0.05, 0) is 30.4 Å². The SMILES string of the molecule is COc1cc(C(=O)NCCc2n[nH]c(=S)n2C)ccc1OCc1cscn1. The number of aromatic nitrogens is 4. The van der Waals surface area contributed by atoms with Crippen molar-refractivity contribution in [3.63, 3.8) is 0 Å². The zero-order chi connectivity index (χ0) is 19.2. The summed E-state index contributed by atoms with van der Waals surface area (Å²) >= 11 is 6.58. The Balaban J connectivity index is 1.59. The van der Waals surface area contributed by atoms with Gasteiger partial charge < -0.3 is 19.4 Å². The number of amides is 1. The molecular weight excluding hydrogens is 386 g/mol. The molecule has 0 aliphatic rings. The summed E-state index contributed by atoms with van der Waals surface area (Å²) in [6.45, 7) is 0.785. The van der Waals surface area contributed by atoms with E-state index in [1.165, 1.54) is 18.4 Å². The lowest BCUT2D eigenvalue weighted by Gasteiger charge is -2.12. The van der Waals surface area contributed by atoms with Crippen LogP contribution in [0.5, 0.6) is 11.5 Å². The van der Waals surface area contributed by atoms with Gasteiger partial charge in [0.05, 0.1) is 18.3 Å². The highest BCUT2D eigenvalue weighted by atomic mass is 32.1. The molecule has 0 radical (unpaired) electrons. The number of nitrogens with zero attached hydrogens (tertiary/aromatic N) is 3. The quantitative estimate of drug-likeness (QED) is 0.559. The molecule has 27 heavy (non-hydrogen) atoms. The molecule has 0 bridgehead atoms. The molecule has 3 rings (SSSR count). The minimum Gasteiger partial charge on any atom is -0.493 e. The number of rotatable bonds is 8. The lowest BCUT2D eigenvalue weighted by atomic mass is 10.2. The van der Waals surface area contributed by atoms with E-state index in [9.17, 15) is 4.79 Å². The fraction of sp³-hybridized carbons (Fsp3) is 0.294. The monoisotopic (exact) mass is 405 g/mol. The van der Waals surface area contributed by atoms with Crippen LogP contribution in [0.4, 0.5) is 0 Å². The van der Waals surface area contributed by atoms with Gasteiger partial charge >= 0.3 is 0 Å². The van der Waals surface area contributed by atoms with E-state index in [0.717, 1.165) is 11.5 Å². The molecule has 0 atom stereocenters. The molecule has 0 unspecified atom stereocenters. The molecule has 142 valence electrons. The molecule has 8 nitrogen and oxygen atoms in total. The minimum absolute atomic E-state index is 0.198. The molecule has 0 spiro atoms. The van der Waals surface area contributed by atoms with Gasteiger partial charge in [-0.15, -0.1) is 11.3 Å². The third-order valence-electron chi connectivity index (χ3n) is 3.89. The Kier molecular flexibility index (Phi) is 6.20. The summed E-state index contributed by atoms with van der Waals surface area (Å²) in [4.78, 5) is 16.5. The second-order valence-corrected chi connectivity index (χ2v) is 6.75. The molecule has 0 saturated heterocycles. The Morgan fingerprint density at radius 1 is 1.41 bits per heavy atom. The summed E-state index contributed by atoms with van der Waals surface area (Å²) in [7, 11) is 3.37. The van der Waals surface area contributed by atoms with Crippen LogP contribution in [0.2, 0.25) is 0 Å². The highest BCUT2D eigenvalue weighted by Crippen LogP contribution is 2.28. The van der Waals surface area contributed by atoms with Gasteiger partial charge in [0.25, 0.3) is 5.91 Å². The zero-order valence-electron chi connectivity index (χ0n) is 14.9. The number of benzene rings is 1. The van der Waals surface area contributed by atoms with Crippen molar-refractivity contribution in [3.8, 4) is 11.5 Å². The summed E-state index contributed by atoms with van der Waals surface area (Å²) in [5.74, 6) is 1.63. The first-order valence-corrected chi connectivity index (χ1v) is 9.50. The van der Waals surface area contributed by atoms with Crippen molar-refractivity contribution in [2.24, 2.45) is 7.05 Å². The van der Waals surface area contributed by atoms with Gasteiger partial charge in [-0.3, -0.25) is 9.89 Å². The lowest BCUT2D eigenvalue weighted by Crippen LogP contribution is -2.26. The number of carbonyl (C=O) groups excluding carboxylic acids is 1. The average molecular weight is 406 g/mol. The van der Waals surface area contributed by atoms with Gasteiger partial charge in [-0.25, -0.2) is 4.98 Å². The summed E-state index contributed by atoms with van der Waals surface area (Å²) in [6, 6.07) is 5.07. The van der Waals surface area contributed by atoms with E-state index < -0.39 is 0 Å². The molecule has 0 aliphatic heterocycles. The third kappa shape index (κ3) is 4.72. The minimum atomic E-state index is -0.198. The van der Waals surface area contributed by atoms with Crippen molar-refractivity contribution < 1.29 is 14.3 Å². The Bertz CT molecular complexity index is 965. The number of methoxy groups -OCH3 is 1. The number of carbonyl (C=O) groups is 1. The molecule has 0 fully saturated rings. The van der Waals surface area contributed by atoms with Crippen molar-refractivity contribution in [1.29, 1.82) is 0 Å². The highest BCUT2D eigenvalue weighted by molar-refractivity contribution is 7.71. The van der Waals surface area contributed by atoms with Crippen molar-refractivity contribution >= 4 is 29.5 Å². The number of nitrogens with one attached hydrogen (secondary N) is 2. The predicted molar refractivity (Wildman–Crippen MR) is 104 cm³/mol. The standard InChI is InChI=1S/C17H19N5O3S2/c1-22-15(20-21-17(22)26)5-6-18-16(23)11-3-4-13(14(7-11)24-2)25-8-12-9-27-10-19-12/h3-4,7,9-10H,5-6,8H2,1-2H3,(H,18,23)(H,21,26). The Hall–Kier alpha value is -2.72. The van der Waals surface area contributed by atoms with Gasteiger partial charge in [0.1, 0.15) is 12.4 Å². The molecule has 0 saturated carbocycles. The van der Waals surface area contributed by atoms with Crippen LogP contribution >= 0.6 is 23.6 Å². The average Bonchev–Trinajstić information content (AvgIpc) is 3.31. The van der Waals surface area contributed by atoms with Crippen LogP contribution in [0.25, 0.3) is 0 Å². The molecule has 10 heteroatoms. The number of hydrogen-bond donors (Lipinski definition) is 2. The van der Waals surface area contributed by atoms with Gasteiger partial charge in [-0.2, -0.15) is 5.10 Å². The topological polar surface area (TPSA) is 94.1 Å². The van der Waals surface area contributed by atoms with Gasteiger partial charge in [-0.1, -0.05) is 0 Å². The van der Waals surface area contributed by atoms with Crippen LogP contribution in [0.1, 0.15) is 21.9 Å². The molecule has 2 heterocycles. The van der Waals surface area contributed by atoms with Crippen LogP contribution in [0.3, 0.4) is 0 Å². The van der Waals surface area contributed by atoms with E-state index in [2.05, 4.69) is 20.5 Å². The van der Waals surface area contributed by atoms with Crippen molar-refractivity contribution in [2.45, 2.75) is 13.0 Å². The summed E-state index contributed by atoms with van der Waals surface area (Å²) in [6.07, 6.45) is 0.571. The number of ether oxygens (including phenoxy) is 2. The maximum absolute atomic E-state index is 12.4. The lowest BCUT2D eigenvalue weighted by molar-refractivity contribution is 0.0953. The first-order valence-electron chi connectivity index (χ1n) is 8.15. The van der Waals surface area contributed by atoms with Crippen LogP contribution in [-0.4, -0.2) is 39.3 Å². The number of H-pyrrole nitrogens is 1. The number of thiazole rings is 1. The maximum Gasteiger partial charge on any atom is 0.251 e. The molecule has 2 aromatic heterocycles. The second kappa shape index (κ2) is 8.78. The van der Waals surface area contributed by atoms with E-state index in [1.807, 2.05) is 12.4 Å². The van der Waals surface area contributed by atoms with Crippen molar-refractivity contribution in [1.82, 2.24) is 25.1 Å². The molecule has 2 N–H and O–H groups in total. The first-order chi connectivity index (χ1) is 13.1. The summed E-state index contributed by atoms with van der Waals surface area (Å²) in [5.41, 5.74) is 3.09. The van der Waals surface area contributed by atoms with Gasteiger partial charge in [0.2, 0.25) is 0 Å². The van der Waals surface area contributed by atoms with Gasteiger partial charge in [0.15, 0.2) is 16.3 Å². The first kappa shape index (κ1) is 19.1. The van der Waals surface area contributed by atoms with Crippen LogP contribution in [0, 0.1) is 4.77 Å². The molecule has 0 aliphatic carbocycles. The van der Waals surface area contributed by atoms with E-state index in [0.29, 0.717) is 41.4 Å².